The molecule has 0 radical (unpaired) electrons. The van der Waals surface area contributed by atoms with Gasteiger partial charge in [0.15, 0.2) is 0 Å². The highest BCUT2D eigenvalue weighted by molar-refractivity contribution is 6.42. The van der Waals surface area contributed by atoms with Crippen molar-refractivity contribution in [3.8, 4) is 5.75 Å². The molecule has 1 aliphatic heterocycles. The predicted molar refractivity (Wildman–Crippen MR) is 154 cm³/mol. The van der Waals surface area contributed by atoms with Crippen LogP contribution in [0.15, 0.2) is 77.5 Å². The standard InChI is InChI=1S/C30H30Cl2N4O2/c1-30-15-5-3-7-21(17-20-9-12-24(38-2)13-10-20)28(30)36(26-14-11-22(31)18-25(26)32)35-27(30)29(37)34-19-23-8-4-6-16-33-23/h4,6,8-14,16-18,28H,3,5,7,15,19H2,1-2H3,(H,34,37)/b21-17+. The van der Waals surface area contributed by atoms with Gasteiger partial charge in [-0.05, 0) is 72.9 Å². The number of amides is 1. The summed E-state index contributed by atoms with van der Waals surface area (Å²) in [5.41, 5.74) is 3.78. The van der Waals surface area contributed by atoms with Gasteiger partial charge in [-0.25, -0.2) is 0 Å². The lowest BCUT2D eigenvalue weighted by atomic mass is 9.73. The fourth-order valence-corrected chi connectivity index (χ4v) is 5.94. The molecule has 2 atom stereocenters. The number of pyridine rings is 1. The third kappa shape index (κ3) is 5.29. The lowest BCUT2D eigenvalue weighted by Crippen LogP contribution is -2.47. The van der Waals surface area contributed by atoms with Gasteiger partial charge in [0.2, 0.25) is 0 Å². The van der Waals surface area contributed by atoms with E-state index in [9.17, 15) is 4.79 Å². The van der Waals surface area contributed by atoms with E-state index in [1.54, 1.807) is 25.4 Å². The highest BCUT2D eigenvalue weighted by atomic mass is 35.5. The number of fused-ring (bicyclic) bond motifs is 1. The number of nitrogens with zero attached hydrogens (tertiary/aromatic N) is 3. The van der Waals surface area contributed by atoms with Gasteiger partial charge in [-0.1, -0.05) is 60.8 Å². The van der Waals surface area contributed by atoms with Crippen molar-refractivity contribution in [1.29, 1.82) is 0 Å². The molecule has 8 heteroatoms. The fourth-order valence-electron chi connectivity index (χ4n) is 5.45. The number of benzene rings is 2. The molecule has 0 saturated heterocycles. The number of halogens is 2. The summed E-state index contributed by atoms with van der Waals surface area (Å²) in [6.07, 6.45) is 7.68. The first-order valence-corrected chi connectivity index (χ1v) is 13.5. The molecule has 1 aliphatic carbocycles. The zero-order chi connectivity index (χ0) is 26.7. The highest BCUT2D eigenvalue weighted by Gasteiger charge is 2.52. The lowest BCUT2D eigenvalue weighted by Gasteiger charge is -2.36. The molecular formula is C30H30Cl2N4O2. The Morgan fingerprint density at radius 3 is 2.68 bits per heavy atom. The van der Waals surface area contributed by atoms with Crippen molar-refractivity contribution < 1.29 is 9.53 Å². The molecule has 0 bridgehead atoms. The largest absolute Gasteiger partial charge is 0.497 e. The van der Waals surface area contributed by atoms with Crippen LogP contribution >= 0.6 is 23.2 Å². The number of hydrogen-bond donors (Lipinski definition) is 1. The molecule has 6 nitrogen and oxygen atoms in total. The minimum atomic E-state index is -0.522. The molecule has 5 rings (SSSR count). The maximum atomic E-state index is 13.7. The Bertz CT molecular complexity index is 1370. The van der Waals surface area contributed by atoms with E-state index in [0.717, 1.165) is 48.4 Å². The first-order valence-electron chi connectivity index (χ1n) is 12.7. The van der Waals surface area contributed by atoms with Crippen molar-refractivity contribution in [2.75, 3.05) is 12.1 Å². The van der Waals surface area contributed by atoms with Crippen LogP contribution in [0, 0.1) is 5.41 Å². The van der Waals surface area contributed by atoms with Crippen molar-refractivity contribution in [3.63, 3.8) is 0 Å². The number of rotatable bonds is 6. The Balaban J connectivity index is 1.56. The number of anilines is 1. The molecule has 2 aliphatic rings. The van der Waals surface area contributed by atoms with E-state index < -0.39 is 5.41 Å². The summed E-state index contributed by atoms with van der Waals surface area (Å²) in [6.45, 7) is 2.48. The van der Waals surface area contributed by atoms with Crippen LogP contribution in [0.2, 0.25) is 10.0 Å². The number of nitrogens with one attached hydrogen (secondary N) is 1. The second-order valence-corrected chi connectivity index (χ2v) is 10.8. The topological polar surface area (TPSA) is 66.8 Å². The van der Waals surface area contributed by atoms with Gasteiger partial charge in [0, 0.05) is 16.6 Å². The zero-order valence-electron chi connectivity index (χ0n) is 21.5. The number of ether oxygens (including phenoxy) is 1. The minimum Gasteiger partial charge on any atom is -0.497 e. The van der Waals surface area contributed by atoms with Crippen LogP contribution in [-0.2, 0) is 11.3 Å². The normalized spacial score (nSPS) is 22.0. The van der Waals surface area contributed by atoms with Gasteiger partial charge >= 0.3 is 0 Å². The molecule has 2 unspecified atom stereocenters. The molecule has 1 amide bonds. The molecule has 3 aromatic rings. The maximum Gasteiger partial charge on any atom is 0.268 e. The number of hydrazone groups is 1. The highest BCUT2D eigenvalue weighted by Crippen LogP contribution is 2.49. The molecule has 2 aromatic carbocycles. The predicted octanol–water partition coefficient (Wildman–Crippen LogP) is 6.92. The van der Waals surface area contributed by atoms with Crippen LogP contribution in [0.25, 0.3) is 6.08 Å². The fraction of sp³-hybridized carbons (Fsp3) is 0.300. The maximum absolute atomic E-state index is 13.7. The van der Waals surface area contributed by atoms with Gasteiger partial charge in [-0.15, -0.1) is 0 Å². The minimum absolute atomic E-state index is 0.179. The Morgan fingerprint density at radius 2 is 1.97 bits per heavy atom. The number of aromatic nitrogens is 1. The molecule has 2 heterocycles. The van der Waals surface area contributed by atoms with E-state index in [1.165, 1.54) is 5.57 Å². The van der Waals surface area contributed by atoms with Crippen molar-refractivity contribution >= 4 is 46.6 Å². The van der Waals surface area contributed by atoms with Gasteiger partial charge in [0.1, 0.15) is 11.5 Å². The van der Waals surface area contributed by atoms with Crippen LogP contribution in [0.5, 0.6) is 5.75 Å². The summed E-state index contributed by atoms with van der Waals surface area (Å²) in [4.78, 5) is 18.0. The quantitative estimate of drug-likeness (QED) is 0.363. The number of carbonyl (C=O) groups excluding carboxylic acids is 1. The van der Waals surface area contributed by atoms with Crippen molar-refractivity contribution in [2.45, 2.75) is 45.2 Å². The average Bonchev–Trinajstić information content (AvgIpc) is 3.12. The monoisotopic (exact) mass is 548 g/mol. The summed E-state index contributed by atoms with van der Waals surface area (Å²) in [5, 5.41) is 11.0. The Kier molecular flexibility index (Phi) is 7.73. The van der Waals surface area contributed by atoms with E-state index in [4.69, 9.17) is 33.0 Å². The van der Waals surface area contributed by atoms with Crippen molar-refractivity contribution in [3.05, 3.63) is 93.7 Å². The van der Waals surface area contributed by atoms with Gasteiger partial charge in [0.05, 0.1) is 36.1 Å². The average molecular weight is 550 g/mol. The van der Waals surface area contributed by atoms with E-state index in [0.29, 0.717) is 22.3 Å². The second-order valence-electron chi connectivity index (χ2n) is 9.91. The van der Waals surface area contributed by atoms with Gasteiger partial charge in [-0.3, -0.25) is 14.8 Å². The van der Waals surface area contributed by atoms with E-state index in [2.05, 4.69) is 23.3 Å². The third-order valence-electron chi connectivity index (χ3n) is 7.36. The van der Waals surface area contributed by atoms with Crippen LogP contribution < -0.4 is 15.1 Å². The number of carbonyl (C=O) groups is 1. The van der Waals surface area contributed by atoms with Gasteiger partial charge in [0.25, 0.3) is 5.91 Å². The molecule has 1 aromatic heterocycles. The number of methoxy groups -OCH3 is 1. The molecule has 1 fully saturated rings. The molecule has 1 saturated carbocycles. The van der Waals surface area contributed by atoms with Crippen molar-refractivity contribution in [2.24, 2.45) is 10.5 Å². The van der Waals surface area contributed by atoms with Gasteiger partial charge < -0.3 is 10.1 Å². The lowest BCUT2D eigenvalue weighted by molar-refractivity contribution is -0.115. The summed E-state index contributed by atoms with van der Waals surface area (Å²) >= 11 is 12.9. The van der Waals surface area contributed by atoms with Crippen molar-refractivity contribution in [1.82, 2.24) is 10.3 Å². The summed E-state index contributed by atoms with van der Waals surface area (Å²) in [6, 6.07) is 18.9. The van der Waals surface area contributed by atoms with Crippen LogP contribution in [-0.4, -0.2) is 29.8 Å². The van der Waals surface area contributed by atoms with E-state index in [1.807, 2.05) is 53.5 Å². The summed E-state index contributed by atoms with van der Waals surface area (Å²) < 4.78 is 5.34. The van der Waals surface area contributed by atoms with Crippen LogP contribution in [0.1, 0.15) is 43.9 Å². The molecule has 0 spiro atoms. The zero-order valence-corrected chi connectivity index (χ0v) is 23.0. The molecular weight excluding hydrogens is 519 g/mol. The smallest absolute Gasteiger partial charge is 0.268 e. The van der Waals surface area contributed by atoms with E-state index in [-0.39, 0.29) is 11.9 Å². The second kappa shape index (κ2) is 11.2. The Morgan fingerprint density at radius 1 is 1.16 bits per heavy atom. The summed E-state index contributed by atoms with van der Waals surface area (Å²) in [5.74, 6) is 0.616. The Labute approximate surface area is 233 Å². The van der Waals surface area contributed by atoms with Gasteiger partial charge in [-0.2, -0.15) is 5.10 Å². The van der Waals surface area contributed by atoms with Crippen LogP contribution in [0.3, 0.4) is 0 Å². The van der Waals surface area contributed by atoms with Crippen LogP contribution in [0.4, 0.5) is 5.69 Å². The Hall–Kier alpha value is -3.35. The first-order chi connectivity index (χ1) is 18.4. The molecule has 1 N–H and O–H groups in total. The van der Waals surface area contributed by atoms with E-state index >= 15 is 0 Å². The number of hydrogen-bond acceptors (Lipinski definition) is 5. The third-order valence-corrected chi connectivity index (χ3v) is 7.89. The summed E-state index contributed by atoms with van der Waals surface area (Å²) in [7, 11) is 1.66. The molecule has 38 heavy (non-hydrogen) atoms. The molecule has 196 valence electrons. The first kappa shape index (κ1) is 26.3. The SMILES string of the molecule is COc1ccc(/C=C2\CCCCC3(C)C(C(=O)NCc4ccccn4)=NN(c4ccc(Cl)cc4Cl)C23)cc1.